The van der Waals surface area contributed by atoms with E-state index < -0.39 is 5.97 Å². The van der Waals surface area contributed by atoms with Crippen LogP contribution in [0.25, 0.3) is 0 Å². The first-order valence-electron chi connectivity index (χ1n) is 7.09. The number of aromatic nitrogens is 3. The smallest absolute Gasteiger partial charge is 0.317 e. The van der Waals surface area contributed by atoms with Crippen molar-refractivity contribution < 1.29 is 14.7 Å². The molecule has 8 nitrogen and oxygen atoms in total. The van der Waals surface area contributed by atoms with E-state index in [-0.39, 0.29) is 18.0 Å². The van der Waals surface area contributed by atoms with Gasteiger partial charge in [0.05, 0.1) is 5.92 Å². The minimum Gasteiger partial charge on any atom is -0.481 e. The monoisotopic (exact) mass is 295 g/mol. The van der Waals surface area contributed by atoms with E-state index >= 15 is 0 Å². The van der Waals surface area contributed by atoms with Gasteiger partial charge in [-0.05, 0) is 19.8 Å². The van der Waals surface area contributed by atoms with Crippen LogP contribution < -0.4 is 5.32 Å². The number of nitrogens with one attached hydrogen (secondary N) is 1. The highest BCUT2D eigenvalue weighted by atomic mass is 16.4. The second-order valence-corrected chi connectivity index (χ2v) is 5.42. The molecule has 2 amide bonds. The lowest BCUT2D eigenvalue weighted by atomic mass is 9.92. The highest BCUT2D eigenvalue weighted by Gasteiger charge is 2.31. The van der Waals surface area contributed by atoms with Gasteiger partial charge in [-0.25, -0.2) is 9.78 Å². The molecule has 0 aliphatic carbocycles. The van der Waals surface area contributed by atoms with Gasteiger partial charge in [0, 0.05) is 32.6 Å². The lowest BCUT2D eigenvalue weighted by Gasteiger charge is -2.36. The Morgan fingerprint density at radius 1 is 1.52 bits per heavy atom. The number of carbonyl (C=O) groups excluding carboxylic acids is 1. The molecule has 0 aromatic carbocycles. The van der Waals surface area contributed by atoms with E-state index in [2.05, 4.69) is 15.4 Å². The predicted octanol–water partition coefficient (Wildman–Crippen LogP) is 0.252. The number of aryl methyl sites for hydroxylation is 1. The molecule has 1 aromatic rings. The minimum atomic E-state index is -0.775. The Morgan fingerprint density at radius 3 is 2.86 bits per heavy atom. The second-order valence-electron chi connectivity index (χ2n) is 5.42. The summed E-state index contributed by atoms with van der Waals surface area (Å²) in [6.07, 6.45) is 3.21. The van der Waals surface area contributed by atoms with Crippen LogP contribution >= 0.6 is 0 Å². The average molecular weight is 295 g/mol. The summed E-state index contributed by atoms with van der Waals surface area (Å²) in [6.45, 7) is 2.83. The lowest BCUT2D eigenvalue weighted by Crippen LogP contribution is -2.50. The van der Waals surface area contributed by atoms with Gasteiger partial charge in [-0.3, -0.25) is 9.48 Å². The fourth-order valence-electron chi connectivity index (χ4n) is 2.58. The minimum absolute atomic E-state index is 0.0622. The van der Waals surface area contributed by atoms with Crippen molar-refractivity contribution in [1.82, 2.24) is 25.0 Å². The van der Waals surface area contributed by atoms with Crippen molar-refractivity contribution in [3.63, 3.8) is 0 Å². The molecule has 0 bridgehead atoms. The maximum absolute atomic E-state index is 12.1. The van der Waals surface area contributed by atoms with E-state index in [1.807, 2.05) is 6.92 Å². The Labute approximate surface area is 123 Å². The van der Waals surface area contributed by atoms with E-state index in [9.17, 15) is 9.59 Å². The zero-order valence-corrected chi connectivity index (χ0v) is 12.3. The first kappa shape index (κ1) is 15.3. The van der Waals surface area contributed by atoms with Crippen molar-refractivity contribution >= 4 is 12.0 Å². The molecule has 2 N–H and O–H groups in total. The Balaban J connectivity index is 1.77. The Bertz CT molecular complexity index is 516. The molecule has 0 spiro atoms. The van der Waals surface area contributed by atoms with Crippen LogP contribution in [0.4, 0.5) is 4.79 Å². The van der Waals surface area contributed by atoms with Crippen molar-refractivity contribution in [1.29, 1.82) is 0 Å². The predicted molar refractivity (Wildman–Crippen MR) is 74.6 cm³/mol. The van der Waals surface area contributed by atoms with Crippen molar-refractivity contribution in [3.05, 3.63) is 12.2 Å². The molecule has 1 aliphatic rings. The van der Waals surface area contributed by atoms with Gasteiger partial charge in [-0.15, -0.1) is 0 Å². The van der Waals surface area contributed by atoms with Crippen LogP contribution in [-0.4, -0.2) is 55.9 Å². The van der Waals surface area contributed by atoms with Gasteiger partial charge in [0.15, 0.2) is 5.82 Å². The molecule has 2 rings (SSSR count). The summed E-state index contributed by atoms with van der Waals surface area (Å²) in [5.74, 6) is -0.430. The van der Waals surface area contributed by atoms with Gasteiger partial charge in [0.1, 0.15) is 6.33 Å². The van der Waals surface area contributed by atoms with Crippen LogP contribution in [0.2, 0.25) is 0 Å². The van der Waals surface area contributed by atoms with Gasteiger partial charge in [-0.1, -0.05) is 0 Å². The number of likely N-dealkylation sites (tertiary alicyclic amines) is 1. The number of aliphatic carboxylic acids is 1. The summed E-state index contributed by atoms with van der Waals surface area (Å²) in [4.78, 5) is 28.9. The number of hydrogen-bond donors (Lipinski definition) is 2. The zero-order valence-electron chi connectivity index (χ0n) is 12.3. The van der Waals surface area contributed by atoms with Crippen LogP contribution in [0.5, 0.6) is 0 Å². The number of nitrogens with zero attached hydrogens (tertiary/aromatic N) is 4. The Kier molecular flexibility index (Phi) is 4.77. The van der Waals surface area contributed by atoms with Crippen LogP contribution in [0.3, 0.4) is 0 Å². The maximum Gasteiger partial charge on any atom is 0.317 e. The Hall–Kier alpha value is -2.12. The number of carboxylic acids is 1. The van der Waals surface area contributed by atoms with Gasteiger partial charge < -0.3 is 15.3 Å². The summed E-state index contributed by atoms with van der Waals surface area (Å²) in [5, 5.41) is 16.0. The highest BCUT2D eigenvalue weighted by molar-refractivity contribution is 5.75. The Morgan fingerprint density at radius 2 is 2.29 bits per heavy atom. The molecule has 2 atom stereocenters. The molecular formula is C13H21N5O3. The van der Waals surface area contributed by atoms with Crippen molar-refractivity contribution in [2.45, 2.75) is 32.2 Å². The summed E-state index contributed by atoms with van der Waals surface area (Å²) in [5.41, 5.74) is 0. The van der Waals surface area contributed by atoms with E-state index in [1.165, 1.54) is 0 Å². The second kappa shape index (κ2) is 6.55. The maximum atomic E-state index is 12.1. The number of carboxylic acid groups (broad SMARTS) is 1. The number of carbonyl (C=O) groups is 2. The molecule has 8 heteroatoms. The number of hydrogen-bond acceptors (Lipinski definition) is 4. The summed E-state index contributed by atoms with van der Waals surface area (Å²) >= 11 is 0. The third kappa shape index (κ3) is 3.93. The topological polar surface area (TPSA) is 100 Å². The zero-order chi connectivity index (χ0) is 15.4. The molecular weight excluding hydrogens is 274 g/mol. The fourth-order valence-corrected chi connectivity index (χ4v) is 2.58. The van der Waals surface area contributed by atoms with E-state index in [1.54, 1.807) is 23.0 Å². The third-order valence-electron chi connectivity index (χ3n) is 3.76. The molecule has 116 valence electrons. The van der Waals surface area contributed by atoms with Gasteiger partial charge >= 0.3 is 12.0 Å². The van der Waals surface area contributed by atoms with Crippen molar-refractivity contribution in [2.75, 3.05) is 13.1 Å². The number of rotatable bonds is 4. The van der Waals surface area contributed by atoms with Crippen molar-refractivity contribution in [2.24, 2.45) is 13.0 Å². The number of amides is 2. The van der Waals surface area contributed by atoms with Crippen LogP contribution in [-0.2, 0) is 18.3 Å². The molecule has 2 heterocycles. The van der Waals surface area contributed by atoms with E-state index in [4.69, 9.17) is 5.11 Å². The van der Waals surface area contributed by atoms with Crippen LogP contribution in [0, 0.1) is 5.92 Å². The normalized spacial score (nSPS) is 22.1. The molecule has 1 aromatic heterocycles. The summed E-state index contributed by atoms with van der Waals surface area (Å²) < 4.78 is 1.62. The van der Waals surface area contributed by atoms with Crippen LogP contribution in [0.1, 0.15) is 25.6 Å². The molecule has 1 saturated heterocycles. The molecule has 21 heavy (non-hydrogen) atoms. The molecule has 0 saturated carbocycles. The first-order valence-corrected chi connectivity index (χ1v) is 7.09. The molecule has 1 fully saturated rings. The number of urea groups is 1. The van der Waals surface area contributed by atoms with Gasteiger partial charge in [-0.2, -0.15) is 5.10 Å². The molecule has 2 unspecified atom stereocenters. The highest BCUT2D eigenvalue weighted by Crippen LogP contribution is 2.22. The third-order valence-corrected chi connectivity index (χ3v) is 3.76. The summed E-state index contributed by atoms with van der Waals surface area (Å²) in [6, 6.07) is -0.213. The van der Waals surface area contributed by atoms with Gasteiger partial charge in [0.25, 0.3) is 0 Å². The standard InChI is InChI=1S/C13H21N5O3/c1-9-7-10(12(19)20)4-6-18(9)13(21)14-5-3-11-15-8-17(2)16-11/h8-10H,3-7H2,1-2H3,(H,14,21)(H,19,20). The summed E-state index contributed by atoms with van der Waals surface area (Å²) in [7, 11) is 1.80. The average Bonchev–Trinajstić information content (AvgIpc) is 2.84. The SMILES string of the molecule is CC1CC(C(=O)O)CCN1C(=O)NCCc1ncn(C)n1. The van der Waals surface area contributed by atoms with E-state index in [0.29, 0.717) is 38.2 Å². The molecule has 0 radical (unpaired) electrons. The quantitative estimate of drug-likeness (QED) is 0.829. The van der Waals surface area contributed by atoms with Crippen molar-refractivity contribution in [3.8, 4) is 0 Å². The molecule has 1 aliphatic heterocycles. The van der Waals surface area contributed by atoms with Gasteiger partial charge in [0.2, 0.25) is 0 Å². The first-order chi connectivity index (χ1) is 9.97. The lowest BCUT2D eigenvalue weighted by molar-refractivity contribution is -0.143. The fraction of sp³-hybridized carbons (Fsp3) is 0.692. The largest absolute Gasteiger partial charge is 0.481 e. The van der Waals surface area contributed by atoms with E-state index in [0.717, 1.165) is 0 Å². The number of piperidine rings is 1. The van der Waals surface area contributed by atoms with Crippen LogP contribution in [0.15, 0.2) is 6.33 Å².